The van der Waals surface area contributed by atoms with E-state index >= 15 is 0 Å². The average molecular weight is 381 g/mol. The van der Waals surface area contributed by atoms with Crippen molar-refractivity contribution in [2.24, 2.45) is 5.73 Å². The number of ether oxygens (including phenoxy) is 1. The number of nitriles is 1. The van der Waals surface area contributed by atoms with E-state index in [2.05, 4.69) is 11.1 Å². The first-order valence-electron chi connectivity index (χ1n) is 9.02. The van der Waals surface area contributed by atoms with Gasteiger partial charge in [-0.3, -0.25) is 4.79 Å². The lowest BCUT2D eigenvalue weighted by molar-refractivity contribution is 0.396. The first-order chi connectivity index (χ1) is 14.1. The second-order valence-corrected chi connectivity index (χ2v) is 6.93. The van der Waals surface area contributed by atoms with Crippen LogP contribution in [0.1, 0.15) is 17.0 Å². The molecule has 140 valence electrons. The standard InChI is InChI=1S/C23H15N3O3/c24-11-17-18(13-5-3-6-14(27)10-13)19-21(29-22(17)25)16-9-8-12-4-1-2-7-15(12)20(16)26-23(19)28/h1-10,18,27H,25H2,(H,26,28). The Hall–Kier alpha value is -4.24. The maximum atomic E-state index is 13.2. The molecule has 0 bridgehead atoms. The first-order valence-corrected chi connectivity index (χ1v) is 9.02. The Morgan fingerprint density at radius 1 is 1.07 bits per heavy atom. The van der Waals surface area contributed by atoms with Gasteiger partial charge in [0.2, 0.25) is 5.88 Å². The Morgan fingerprint density at radius 2 is 1.90 bits per heavy atom. The maximum absolute atomic E-state index is 13.2. The quantitative estimate of drug-likeness (QED) is 0.436. The van der Waals surface area contributed by atoms with Crippen molar-refractivity contribution in [2.75, 3.05) is 0 Å². The third-order valence-corrected chi connectivity index (χ3v) is 5.28. The number of H-pyrrole nitrogens is 1. The van der Waals surface area contributed by atoms with E-state index in [1.807, 2.05) is 36.4 Å². The van der Waals surface area contributed by atoms with E-state index in [0.29, 0.717) is 27.8 Å². The molecule has 6 nitrogen and oxygen atoms in total. The molecule has 0 saturated heterocycles. The number of allylic oxidation sites excluding steroid dienone is 1. The predicted molar refractivity (Wildman–Crippen MR) is 109 cm³/mol. The van der Waals surface area contributed by atoms with Gasteiger partial charge in [0, 0.05) is 10.8 Å². The fraction of sp³-hybridized carbons (Fsp3) is 0.0435. The summed E-state index contributed by atoms with van der Waals surface area (Å²) in [6, 6.07) is 20.1. The number of hydrogen-bond acceptors (Lipinski definition) is 5. The molecule has 6 heteroatoms. The number of nitrogens with zero attached hydrogens (tertiary/aromatic N) is 1. The zero-order valence-corrected chi connectivity index (χ0v) is 15.1. The van der Waals surface area contributed by atoms with Crippen LogP contribution in [0.3, 0.4) is 0 Å². The van der Waals surface area contributed by atoms with Gasteiger partial charge in [-0.25, -0.2) is 0 Å². The zero-order chi connectivity index (χ0) is 20.1. The van der Waals surface area contributed by atoms with Crippen molar-refractivity contribution in [1.82, 2.24) is 4.98 Å². The van der Waals surface area contributed by atoms with E-state index in [1.54, 1.807) is 12.1 Å². The lowest BCUT2D eigenvalue weighted by atomic mass is 9.83. The van der Waals surface area contributed by atoms with Gasteiger partial charge in [-0.1, -0.05) is 42.5 Å². The summed E-state index contributed by atoms with van der Waals surface area (Å²) >= 11 is 0. The number of hydrogen-bond donors (Lipinski definition) is 3. The molecule has 0 radical (unpaired) electrons. The van der Waals surface area contributed by atoms with Crippen LogP contribution in [0.5, 0.6) is 11.5 Å². The van der Waals surface area contributed by atoms with Gasteiger partial charge in [-0.05, 0) is 29.1 Å². The molecule has 0 spiro atoms. The molecule has 1 aromatic heterocycles. The second kappa shape index (κ2) is 6.14. The predicted octanol–water partition coefficient (Wildman–Crippen LogP) is 3.61. The fourth-order valence-electron chi connectivity index (χ4n) is 4.01. The van der Waals surface area contributed by atoms with Crippen LogP contribution in [0.4, 0.5) is 0 Å². The molecule has 1 aliphatic heterocycles. The van der Waals surface area contributed by atoms with Gasteiger partial charge in [-0.15, -0.1) is 0 Å². The number of benzene rings is 3. The van der Waals surface area contributed by atoms with Gasteiger partial charge in [0.05, 0.1) is 17.0 Å². The van der Waals surface area contributed by atoms with Gasteiger partial charge in [0.15, 0.2) is 0 Å². The largest absolute Gasteiger partial charge is 0.508 e. The van der Waals surface area contributed by atoms with Crippen LogP contribution in [0, 0.1) is 11.3 Å². The minimum absolute atomic E-state index is 0.0367. The zero-order valence-electron chi connectivity index (χ0n) is 15.1. The number of rotatable bonds is 1. The van der Waals surface area contributed by atoms with Crippen molar-refractivity contribution in [1.29, 1.82) is 5.26 Å². The molecule has 0 amide bonds. The molecule has 5 rings (SSSR count). The SMILES string of the molecule is N#CC1=C(N)Oc2c(c(=O)[nH]c3c2ccc2ccccc23)C1c1cccc(O)c1. The molecule has 2 heterocycles. The number of pyridine rings is 1. The molecule has 3 aromatic carbocycles. The number of phenols is 1. The van der Waals surface area contributed by atoms with E-state index < -0.39 is 5.92 Å². The average Bonchev–Trinajstić information content (AvgIpc) is 2.72. The van der Waals surface area contributed by atoms with Crippen molar-refractivity contribution >= 4 is 21.7 Å². The molecular formula is C23H15N3O3. The Kier molecular flexibility index (Phi) is 3.58. The van der Waals surface area contributed by atoms with Crippen LogP contribution in [0.15, 0.2) is 76.9 Å². The Morgan fingerprint density at radius 3 is 2.69 bits per heavy atom. The molecule has 1 unspecified atom stereocenters. The molecule has 1 atom stereocenters. The molecule has 0 aliphatic carbocycles. The first kappa shape index (κ1) is 16.9. The summed E-state index contributed by atoms with van der Waals surface area (Å²) in [6.45, 7) is 0. The highest BCUT2D eigenvalue weighted by atomic mass is 16.5. The molecule has 29 heavy (non-hydrogen) atoms. The smallest absolute Gasteiger partial charge is 0.256 e. The van der Waals surface area contributed by atoms with E-state index in [4.69, 9.17) is 10.5 Å². The highest BCUT2D eigenvalue weighted by Crippen LogP contribution is 2.44. The Labute approximate surface area is 165 Å². The second-order valence-electron chi connectivity index (χ2n) is 6.93. The van der Waals surface area contributed by atoms with Crippen molar-refractivity contribution in [3.63, 3.8) is 0 Å². The highest BCUT2D eigenvalue weighted by Gasteiger charge is 2.34. The van der Waals surface area contributed by atoms with Gasteiger partial charge >= 0.3 is 0 Å². The Bertz CT molecular complexity index is 1440. The number of nitrogens with one attached hydrogen (secondary N) is 1. The highest BCUT2D eigenvalue weighted by molar-refractivity contribution is 6.07. The van der Waals surface area contributed by atoms with Crippen LogP contribution in [-0.4, -0.2) is 10.1 Å². The third kappa shape index (κ3) is 2.45. The van der Waals surface area contributed by atoms with E-state index in [-0.39, 0.29) is 22.8 Å². The van der Waals surface area contributed by atoms with Gasteiger partial charge in [-0.2, -0.15) is 5.26 Å². The normalized spacial score (nSPS) is 15.8. The summed E-state index contributed by atoms with van der Waals surface area (Å²) in [6.07, 6.45) is 0. The minimum atomic E-state index is -0.740. The number of fused-ring (bicyclic) bond motifs is 5. The van der Waals surface area contributed by atoms with Crippen molar-refractivity contribution < 1.29 is 9.84 Å². The van der Waals surface area contributed by atoms with Gasteiger partial charge in [0.25, 0.3) is 5.56 Å². The van der Waals surface area contributed by atoms with Crippen LogP contribution in [0.25, 0.3) is 21.7 Å². The lowest BCUT2D eigenvalue weighted by Gasteiger charge is -2.26. The number of aromatic amines is 1. The summed E-state index contributed by atoms with van der Waals surface area (Å²) < 4.78 is 5.81. The topological polar surface area (TPSA) is 112 Å². The summed E-state index contributed by atoms with van der Waals surface area (Å²) in [5.41, 5.74) is 7.38. The molecule has 0 fully saturated rings. The van der Waals surface area contributed by atoms with Gasteiger partial charge in [0.1, 0.15) is 23.1 Å². The van der Waals surface area contributed by atoms with E-state index in [9.17, 15) is 15.2 Å². The minimum Gasteiger partial charge on any atom is -0.508 e. The maximum Gasteiger partial charge on any atom is 0.256 e. The van der Waals surface area contributed by atoms with E-state index in [0.717, 1.165) is 10.8 Å². The molecule has 4 aromatic rings. The lowest BCUT2D eigenvalue weighted by Crippen LogP contribution is -2.27. The summed E-state index contributed by atoms with van der Waals surface area (Å²) in [5, 5.41) is 22.2. The van der Waals surface area contributed by atoms with Crippen molar-refractivity contribution in [3.05, 3.63) is 93.6 Å². The monoisotopic (exact) mass is 381 g/mol. The van der Waals surface area contributed by atoms with Crippen LogP contribution < -0.4 is 16.0 Å². The number of aromatic nitrogens is 1. The van der Waals surface area contributed by atoms with Crippen molar-refractivity contribution in [3.8, 4) is 17.6 Å². The molecular weight excluding hydrogens is 366 g/mol. The number of nitrogens with two attached hydrogens (primary N) is 1. The molecule has 1 aliphatic rings. The molecule has 0 saturated carbocycles. The summed E-state index contributed by atoms with van der Waals surface area (Å²) in [7, 11) is 0. The molecule has 4 N–H and O–H groups in total. The summed E-state index contributed by atoms with van der Waals surface area (Å²) in [5.74, 6) is -0.419. The Balaban J connectivity index is 1.89. The van der Waals surface area contributed by atoms with E-state index in [1.165, 1.54) is 12.1 Å². The number of phenolic OH excluding ortho intramolecular Hbond substituents is 1. The number of aromatic hydroxyl groups is 1. The fourth-order valence-corrected chi connectivity index (χ4v) is 4.01. The van der Waals surface area contributed by atoms with Crippen LogP contribution >= 0.6 is 0 Å². The third-order valence-electron chi connectivity index (χ3n) is 5.28. The van der Waals surface area contributed by atoms with Crippen molar-refractivity contribution in [2.45, 2.75) is 5.92 Å². The van der Waals surface area contributed by atoms with Gasteiger partial charge < -0.3 is 20.6 Å². The van der Waals surface area contributed by atoms with Crippen LogP contribution in [-0.2, 0) is 0 Å². The van der Waals surface area contributed by atoms with Crippen LogP contribution in [0.2, 0.25) is 0 Å². The summed E-state index contributed by atoms with van der Waals surface area (Å²) in [4.78, 5) is 16.2.